The predicted molar refractivity (Wildman–Crippen MR) is 51.9 cm³/mol. The van der Waals surface area contributed by atoms with E-state index in [9.17, 15) is 4.79 Å². The van der Waals surface area contributed by atoms with Gasteiger partial charge in [0.25, 0.3) is 0 Å². The summed E-state index contributed by atoms with van der Waals surface area (Å²) in [7, 11) is 1.54. The smallest absolute Gasteiger partial charge is 0.241 e. The Balaban J connectivity index is 2.40. The van der Waals surface area contributed by atoms with Crippen LogP contribution < -0.4 is 5.73 Å². The highest BCUT2D eigenvalue weighted by Gasteiger charge is 2.21. The van der Waals surface area contributed by atoms with Gasteiger partial charge in [-0.2, -0.15) is 0 Å². The predicted octanol–water partition coefficient (Wildman–Crippen LogP) is -0.791. The number of methoxy groups -OCH3 is 1. The molecular weight excluding hydrogens is 184 g/mol. The second-order valence-corrected chi connectivity index (χ2v) is 3.35. The van der Waals surface area contributed by atoms with Crippen molar-refractivity contribution >= 4 is 5.91 Å². The quantitative estimate of drug-likeness (QED) is 0.651. The van der Waals surface area contributed by atoms with Crippen molar-refractivity contribution in [1.29, 1.82) is 0 Å². The van der Waals surface area contributed by atoms with E-state index in [1.165, 1.54) is 0 Å². The summed E-state index contributed by atoms with van der Waals surface area (Å²) in [5, 5.41) is 0. The highest BCUT2D eigenvalue weighted by atomic mass is 16.5. The van der Waals surface area contributed by atoms with E-state index in [0.29, 0.717) is 13.2 Å². The second kappa shape index (κ2) is 5.95. The largest absolute Gasteiger partial charge is 0.383 e. The van der Waals surface area contributed by atoms with Gasteiger partial charge in [0, 0.05) is 26.8 Å². The molecule has 0 aromatic heterocycles. The first-order valence-electron chi connectivity index (χ1n) is 4.86. The molecule has 0 radical (unpaired) electrons. The van der Waals surface area contributed by atoms with Crippen LogP contribution in [0, 0.1) is 0 Å². The molecule has 5 heteroatoms. The van der Waals surface area contributed by atoms with Crippen LogP contribution >= 0.6 is 0 Å². The monoisotopic (exact) mass is 202 g/mol. The highest BCUT2D eigenvalue weighted by molar-refractivity contribution is 5.81. The number of nitrogens with zero attached hydrogens (tertiary/aromatic N) is 1. The Labute approximate surface area is 84.1 Å². The maximum Gasteiger partial charge on any atom is 0.241 e. The lowest BCUT2D eigenvalue weighted by atomic mass is 10.2. The minimum absolute atomic E-state index is 0.0441. The number of amides is 1. The van der Waals surface area contributed by atoms with E-state index in [4.69, 9.17) is 15.2 Å². The summed E-state index contributed by atoms with van der Waals surface area (Å²) in [6.45, 7) is 2.97. The second-order valence-electron chi connectivity index (χ2n) is 3.35. The van der Waals surface area contributed by atoms with Crippen LogP contribution in [0.15, 0.2) is 0 Å². The molecular formula is C9H18N2O3. The Morgan fingerprint density at radius 2 is 2.36 bits per heavy atom. The summed E-state index contributed by atoms with van der Waals surface area (Å²) < 4.78 is 10.1. The number of carbonyl (C=O) groups is 1. The van der Waals surface area contributed by atoms with Crippen molar-refractivity contribution in [2.75, 3.05) is 40.0 Å². The van der Waals surface area contributed by atoms with E-state index < -0.39 is 6.04 Å². The fourth-order valence-corrected chi connectivity index (χ4v) is 1.45. The molecule has 1 unspecified atom stereocenters. The molecule has 1 saturated heterocycles. The van der Waals surface area contributed by atoms with Crippen molar-refractivity contribution in [3.8, 4) is 0 Å². The SMILES string of the molecule is COCC(N)C(=O)N1CCCOCC1. The van der Waals surface area contributed by atoms with Crippen molar-refractivity contribution in [2.45, 2.75) is 12.5 Å². The molecule has 0 bridgehead atoms. The minimum atomic E-state index is -0.543. The third-order valence-corrected chi connectivity index (χ3v) is 2.20. The summed E-state index contributed by atoms with van der Waals surface area (Å²) in [5.41, 5.74) is 5.65. The average Bonchev–Trinajstić information content (AvgIpc) is 2.45. The van der Waals surface area contributed by atoms with Crippen LogP contribution in [0.3, 0.4) is 0 Å². The first kappa shape index (κ1) is 11.4. The lowest BCUT2D eigenvalue weighted by Crippen LogP contribution is -2.46. The van der Waals surface area contributed by atoms with Crippen molar-refractivity contribution in [3.63, 3.8) is 0 Å². The normalized spacial score (nSPS) is 20.3. The van der Waals surface area contributed by atoms with Gasteiger partial charge < -0.3 is 20.1 Å². The van der Waals surface area contributed by atoms with Crippen LogP contribution in [0.4, 0.5) is 0 Å². The Bertz CT molecular complexity index is 179. The van der Waals surface area contributed by atoms with E-state index in [1.54, 1.807) is 12.0 Å². The Kier molecular flexibility index (Phi) is 4.86. The zero-order valence-corrected chi connectivity index (χ0v) is 8.57. The van der Waals surface area contributed by atoms with E-state index >= 15 is 0 Å². The van der Waals surface area contributed by atoms with Crippen LogP contribution in [0.2, 0.25) is 0 Å². The topological polar surface area (TPSA) is 64.8 Å². The van der Waals surface area contributed by atoms with Gasteiger partial charge in [0.05, 0.1) is 13.2 Å². The summed E-state index contributed by atoms with van der Waals surface area (Å²) in [4.78, 5) is 13.5. The zero-order valence-electron chi connectivity index (χ0n) is 8.57. The number of hydrogen-bond acceptors (Lipinski definition) is 4. The highest BCUT2D eigenvalue weighted by Crippen LogP contribution is 2.01. The average molecular weight is 202 g/mol. The van der Waals surface area contributed by atoms with Gasteiger partial charge in [-0.05, 0) is 6.42 Å². The van der Waals surface area contributed by atoms with Crippen LogP contribution in [-0.2, 0) is 14.3 Å². The van der Waals surface area contributed by atoms with Gasteiger partial charge in [0.1, 0.15) is 6.04 Å². The molecule has 14 heavy (non-hydrogen) atoms. The Morgan fingerprint density at radius 3 is 3.07 bits per heavy atom. The maximum atomic E-state index is 11.7. The van der Waals surface area contributed by atoms with Crippen LogP contribution in [-0.4, -0.2) is 56.9 Å². The van der Waals surface area contributed by atoms with Gasteiger partial charge in [-0.15, -0.1) is 0 Å². The van der Waals surface area contributed by atoms with Gasteiger partial charge in [0.2, 0.25) is 5.91 Å². The fourth-order valence-electron chi connectivity index (χ4n) is 1.45. The molecule has 5 nitrogen and oxygen atoms in total. The van der Waals surface area contributed by atoms with Gasteiger partial charge in [0.15, 0.2) is 0 Å². The van der Waals surface area contributed by atoms with Gasteiger partial charge >= 0.3 is 0 Å². The molecule has 1 amide bonds. The number of hydrogen-bond donors (Lipinski definition) is 1. The van der Waals surface area contributed by atoms with Crippen LogP contribution in [0.5, 0.6) is 0 Å². The van der Waals surface area contributed by atoms with Crippen molar-refractivity contribution < 1.29 is 14.3 Å². The summed E-state index contributed by atoms with van der Waals surface area (Å²) >= 11 is 0. The fraction of sp³-hybridized carbons (Fsp3) is 0.889. The molecule has 0 aliphatic carbocycles. The Morgan fingerprint density at radius 1 is 1.57 bits per heavy atom. The molecule has 1 heterocycles. The molecule has 2 N–H and O–H groups in total. The molecule has 82 valence electrons. The molecule has 0 aromatic rings. The van der Waals surface area contributed by atoms with Gasteiger partial charge in [-0.25, -0.2) is 0 Å². The van der Waals surface area contributed by atoms with Crippen molar-refractivity contribution in [3.05, 3.63) is 0 Å². The van der Waals surface area contributed by atoms with Gasteiger partial charge in [-0.1, -0.05) is 0 Å². The van der Waals surface area contributed by atoms with E-state index in [1.807, 2.05) is 0 Å². The number of carbonyl (C=O) groups excluding carboxylic acids is 1. The molecule has 0 aromatic carbocycles. The van der Waals surface area contributed by atoms with Crippen molar-refractivity contribution in [2.24, 2.45) is 5.73 Å². The van der Waals surface area contributed by atoms with E-state index in [2.05, 4.69) is 0 Å². The molecule has 1 fully saturated rings. The lowest BCUT2D eigenvalue weighted by molar-refractivity contribution is -0.133. The first-order chi connectivity index (χ1) is 6.75. The number of ether oxygens (including phenoxy) is 2. The molecule has 0 saturated carbocycles. The molecule has 1 atom stereocenters. The maximum absolute atomic E-state index is 11.7. The van der Waals surface area contributed by atoms with E-state index in [-0.39, 0.29) is 12.5 Å². The molecule has 1 rings (SSSR count). The molecule has 1 aliphatic rings. The van der Waals surface area contributed by atoms with Crippen LogP contribution in [0.1, 0.15) is 6.42 Å². The zero-order chi connectivity index (χ0) is 10.4. The van der Waals surface area contributed by atoms with Crippen LogP contribution in [0.25, 0.3) is 0 Å². The summed E-state index contributed by atoms with van der Waals surface area (Å²) in [6, 6.07) is -0.543. The minimum Gasteiger partial charge on any atom is -0.383 e. The lowest BCUT2D eigenvalue weighted by Gasteiger charge is -2.22. The number of rotatable bonds is 3. The van der Waals surface area contributed by atoms with E-state index in [0.717, 1.165) is 19.6 Å². The molecule has 1 aliphatic heterocycles. The molecule has 0 spiro atoms. The summed E-state index contributed by atoms with van der Waals surface area (Å²) in [5.74, 6) is -0.0441. The standard InChI is InChI=1S/C9H18N2O3/c1-13-7-8(10)9(12)11-3-2-5-14-6-4-11/h8H,2-7,10H2,1H3. The van der Waals surface area contributed by atoms with Gasteiger partial charge in [-0.3, -0.25) is 4.79 Å². The first-order valence-corrected chi connectivity index (χ1v) is 4.86. The third kappa shape index (κ3) is 3.25. The third-order valence-electron chi connectivity index (χ3n) is 2.20. The van der Waals surface area contributed by atoms with Crippen molar-refractivity contribution in [1.82, 2.24) is 4.90 Å². The Hall–Kier alpha value is -0.650. The number of nitrogens with two attached hydrogens (primary N) is 1. The summed E-state index contributed by atoms with van der Waals surface area (Å²) in [6.07, 6.45) is 0.880.